The Morgan fingerprint density at radius 2 is 2.28 bits per heavy atom. The number of ether oxygens (including phenoxy) is 1. The fourth-order valence-corrected chi connectivity index (χ4v) is 2.50. The van der Waals surface area contributed by atoms with Gasteiger partial charge < -0.3 is 10.1 Å². The number of methoxy groups -OCH3 is 1. The van der Waals surface area contributed by atoms with Gasteiger partial charge in [0.25, 0.3) is 0 Å². The van der Waals surface area contributed by atoms with Crippen molar-refractivity contribution in [3.8, 4) is 5.75 Å². The molecule has 1 rings (SSSR count). The van der Waals surface area contributed by atoms with Crippen LogP contribution < -0.4 is 10.1 Å². The minimum absolute atomic E-state index is 0.329. The number of nitrogens with zero attached hydrogens (tertiary/aromatic N) is 2. The van der Waals surface area contributed by atoms with Crippen molar-refractivity contribution in [3.05, 3.63) is 11.9 Å². The van der Waals surface area contributed by atoms with Gasteiger partial charge in [-0.15, -0.1) is 0 Å². The third-order valence-corrected chi connectivity index (χ3v) is 3.59. The average molecular weight is 271 g/mol. The number of thioether (sulfide) groups is 1. The van der Waals surface area contributed by atoms with E-state index in [0.717, 1.165) is 37.4 Å². The molecule has 1 atom stereocenters. The summed E-state index contributed by atoms with van der Waals surface area (Å²) in [5.74, 6) is 2.03. The van der Waals surface area contributed by atoms with Crippen LogP contribution in [0.3, 0.4) is 0 Å². The molecule has 104 valence electrons. The van der Waals surface area contributed by atoms with E-state index in [9.17, 15) is 0 Å². The van der Waals surface area contributed by atoms with Crippen LogP contribution in [-0.4, -0.2) is 35.4 Å². The van der Waals surface area contributed by atoms with Gasteiger partial charge in [-0.2, -0.15) is 16.9 Å². The first kappa shape index (κ1) is 15.4. The van der Waals surface area contributed by atoms with Crippen LogP contribution in [0.1, 0.15) is 38.4 Å². The molecule has 0 bridgehead atoms. The number of aryl methyl sites for hydroxylation is 1. The first-order valence-corrected chi connectivity index (χ1v) is 7.99. The molecular weight excluding hydrogens is 246 g/mol. The zero-order chi connectivity index (χ0) is 13.4. The predicted molar refractivity (Wildman–Crippen MR) is 78.5 cm³/mol. The van der Waals surface area contributed by atoms with Crippen molar-refractivity contribution in [2.75, 3.05) is 25.7 Å². The van der Waals surface area contributed by atoms with Crippen molar-refractivity contribution >= 4 is 11.8 Å². The highest BCUT2D eigenvalue weighted by Gasteiger charge is 2.20. The molecule has 4 nitrogen and oxygen atoms in total. The van der Waals surface area contributed by atoms with E-state index in [-0.39, 0.29) is 0 Å². The highest BCUT2D eigenvalue weighted by molar-refractivity contribution is 7.98. The lowest BCUT2D eigenvalue weighted by molar-refractivity contribution is 0.388. The summed E-state index contributed by atoms with van der Waals surface area (Å²) in [5, 5.41) is 7.99. The molecule has 1 heterocycles. The molecule has 18 heavy (non-hydrogen) atoms. The zero-order valence-corrected chi connectivity index (χ0v) is 12.7. The Morgan fingerprint density at radius 1 is 1.50 bits per heavy atom. The normalized spacial score (nSPS) is 12.7. The lowest BCUT2D eigenvalue weighted by atomic mass is 10.1. The van der Waals surface area contributed by atoms with Gasteiger partial charge in [-0.1, -0.05) is 6.92 Å². The van der Waals surface area contributed by atoms with Crippen LogP contribution in [0.5, 0.6) is 5.75 Å². The van der Waals surface area contributed by atoms with E-state index < -0.39 is 0 Å². The van der Waals surface area contributed by atoms with Crippen LogP contribution in [0.4, 0.5) is 0 Å². The summed E-state index contributed by atoms with van der Waals surface area (Å²) in [6.07, 6.45) is 6.20. The Kier molecular flexibility index (Phi) is 7.20. The molecule has 0 spiro atoms. The van der Waals surface area contributed by atoms with Gasteiger partial charge in [0.1, 0.15) is 0 Å². The summed E-state index contributed by atoms with van der Waals surface area (Å²) in [7, 11) is 1.71. The first-order valence-electron chi connectivity index (χ1n) is 6.60. The molecule has 0 saturated carbocycles. The molecule has 0 aliphatic rings. The van der Waals surface area contributed by atoms with Gasteiger partial charge in [0.15, 0.2) is 5.75 Å². The molecule has 1 aromatic heterocycles. The van der Waals surface area contributed by atoms with E-state index >= 15 is 0 Å². The minimum atomic E-state index is 0.329. The largest absolute Gasteiger partial charge is 0.493 e. The second kappa shape index (κ2) is 8.43. The summed E-state index contributed by atoms with van der Waals surface area (Å²) >= 11 is 1.88. The number of aromatic nitrogens is 2. The van der Waals surface area contributed by atoms with Gasteiger partial charge in [-0.25, -0.2) is 0 Å². The van der Waals surface area contributed by atoms with E-state index in [4.69, 9.17) is 4.74 Å². The Balaban J connectivity index is 2.90. The fraction of sp³-hybridized carbons (Fsp3) is 0.769. The molecule has 0 fully saturated rings. The first-order chi connectivity index (χ1) is 8.78. The van der Waals surface area contributed by atoms with E-state index in [1.807, 2.05) is 22.6 Å². The second-order valence-electron chi connectivity index (χ2n) is 4.20. The lowest BCUT2D eigenvalue weighted by Gasteiger charge is -2.20. The number of nitrogens with one attached hydrogen (secondary N) is 1. The Labute approximate surface area is 114 Å². The number of hydrogen-bond donors (Lipinski definition) is 1. The SMILES string of the molecule is CCCNC(CCSC)c1c(OC)cnn1CC. The fourth-order valence-electron chi connectivity index (χ4n) is 2.03. The third kappa shape index (κ3) is 3.92. The second-order valence-corrected chi connectivity index (χ2v) is 5.19. The van der Waals surface area contributed by atoms with Crippen molar-refractivity contribution in [2.24, 2.45) is 0 Å². The van der Waals surface area contributed by atoms with Gasteiger partial charge in [0.05, 0.1) is 25.0 Å². The predicted octanol–water partition coefficient (Wildman–Crippen LogP) is 2.71. The maximum atomic E-state index is 5.44. The van der Waals surface area contributed by atoms with Gasteiger partial charge >= 0.3 is 0 Å². The summed E-state index contributed by atoms with van der Waals surface area (Å²) in [6.45, 7) is 6.20. The molecule has 1 unspecified atom stereocenters. The van der Waals surface area contributed by atoms with Crippen LogP contribution in [0, 0.1) is 0 Å². The van der Waals surface area contributed by atoms with E-state index in [0.29, 0.717) is 6.04 Å². The zero-order valence-electron chi connectivity index (χ0n) is 11.9. The molecule has 0 aliphatic carbocycles. The Bertz CT molecular complexity index is 311. The molecule has 0 aromatic carbocycles. The Hall–Kier alpha value is -0.680. The summed E-state index contributed by atoms with van der Waals surface area (Å²) in [4.78, 5) is 0. The molecule has 0 aliphatic heterocycles. The number of rotatable bonds is 9. The van der Waals surface area contributed by atoms with E-state index in [2.05, 4.69) is 30.5 Å². The summed E-state index contributed by atoms with van der Waals surface area (Å²) in [6, 6.07) is 0.329. The topological polar surface area (TPSA) is 39.1 Å². The van der Waals surface area contributed by atoms with Crippen molar-refractivity contribution < 1.29 is 4.74 Å². The lowest BCUT2D eigenvalue weighted by Crippen LogP contribution is -2.25. The van der Waals surface area contributed by atoms with Crippen LogP contribution in [0.2, 0.25) is 0 Å². The maximum Gasteiger partial charge on any atom is 0.161 e. The van der Waals surface area contributed by atoms with Gasteiger partial charge in [-0.05, 0) is 38.3 Å². The van der Waals surface area contributed by atoms with Gasteiger partial charge in [0, 0.05) is 6.54 Å². The summed E-state index contributed by atoms with van der Waals surface area (Å²) < 4.78 is 7.47. The molecule has 5 heteroatoms. The van der Waals surface area contributed by atoms with Gasteiger partial charge in [0.2, 0.25) is 0 Å². The van der Waals surface area contributed by atoms with E-state index in [1.165, 1.54) is 5.69 Å². The Morgan fingerprint density at radius 3 is 2.83 bits per heavy atom. The minimum Gasteiger partial charge on any atom is -0.493 e. The monoisotopic (exact) mass is 271 g/mol. The molecule has 1 aromatic rings. The number of hydrogen-bond acceptors (Lipinski definition) is 4. The quantitative estimate of drug-likeness (QED) is 0.749. The van der Waals surface area contributed by atoms with Crippen LogP contribution in [-0.2, 0) is 6.54 Å². The van der Waals surface area contributed by atoms with Crippen molar-refractivity contribution in [2.45, 2.75) is 39.3 Å². The summed E-state index contributed by atoms with van der Waals surface area (Å²) in [5.41, 5.74) is 1.18. The smallest absolute Gasteiger partial charge is 0.161 e. The van der Waals surface area contributed by atoms with Crippen molar-refractivity contribution in [3.63, 3.8) is 0 Å². The highest BCUT2D eigenvalue weighted by atomic mass is 32.2. The van der Waals surface area contributed by atoms with E-state index in [1.54, 1.807) is 7.11 Å². The highest BCUT2D eigenvalue weighted by Crippen LogP contribution is 2.28. The van der Waals surface area contributed by atoms with Crippen LogP contribution in [0.15, 0.2) is 6.20 Å². The molecule has 0 saturated heterocycles. The molecular formula is C13H25N3OS. The van der Waals surface area contributed by atoms with Crippen LogP contribution >= 0.6 is 11.8 Å². The third-order valence-electron chi connectivity index (χ3n) is 2.95. The molecule has 1 N–H and O–H groups in total. The van der Waals surface area contributed by atoms with Gasteiger partial charge in [-0.3, -0.25) is 4.68 Å². The molecule has 0 amide bonds. The maximum absolute atomic E-state index is 5.44. The standard InChI is InChI=1S/C13H25N3OS/c1-5-8-14-11(7-9-18-4)13-12(17-3)10-15-16(13)6-2/h10-11,14H,5-9H2,1-4H3. The molecule has 0 radical (unpaired) electrons. The average Bonchev–Trinajstić information content (AvgIpc) is 2.82. The van der Waals surface area contributed by atoms with Crippen molar-refractivity contribution in [1.29, 1.82) is 0 Å². The van der Waals surface area contributed by atoms with Crippen LogP contribution in [0.25, 0.3) is 0 Å². The van der Waals surface area contributed by atoms with Crippen molar-refractivity contribution in [1.82, 2.24) is 15.1 Å².